The molecule has 38 heavy (non-hydrogen) atoms. The molecule has 0 aromatic carbocycles. The summed E-state index contributed by atoms with van der Waals surface area (Å²) < 4.78 is 5.85. The SMILES string of the molecule is CC/C=C/OCC(CCCCCCCC/C=C\C/C=C\CCCCC)CCCCCCCCCC.CNC. The van der Waals surface area contributed by atoms with Gasteiger partial charge in [-0.2, -0.15) is 0 Å². The van der Waals surface area contributed by atoms with Crippen LogP contribution >= 0.6 is 0 Å². The summed E-state index contributed by atoms with van der Waals surface area (Å²) in [5.41, 5.74) is 0. The van der Waals surface area contributed by atoms with Crippen LogP contribution in [0, 0.1) is 5.92 Å². The van der Waals surface area contributed by atoms with E-state index in [1.54, 1.807) is 0 Å². The highest BCUT2D eigenvalue weighted by Crippen LogP contribution is 2.20. The summed E-state index contributed by atoms with van der Waals surface area (Å²) in [6, 6.07) is 0. The molecule has 2 heteroatoms. The van der Waals surface area contributed by atoms with Crippen LogP contribution in [0.3, 0.4) is 0 Å². The fourth-order valence-corrected chi connectivity index (χ4v) is 4.66. The lowest BCUT2D eigenvalue weighted by Crippen LogP contribution is -2.08. The fourth-order valence-electron chi connectivity index (χ4n) is 4.66. The highest BCUT2D eigenvalue weighted by Gasteiger charge is 2.09. The van der Waals surface area contributed by atoms with Gasteiger partial charge in [0.05, 0.1) is 12.9 Å². The molecule has 0 heterocycles. The standard InChI is InChI=1S/C34H64O.C2H7N/c1-4-7-10-12-14-16-17-18-19-20-21-22-23-25-27-29-31-34(33-35-32-9-6-3)30-28-26-24-15-13-11-8-5-2;1-3-2/h9,14,16,18-19,32,34H,4-8,10-13,15,17,20-31,33H2,1-3H3;3H,1-2H3/b16-14-,19-18-,32-9+;. The highest BCUT2D eigenvalue weighted by atomic mass is 16.5. The molecule has 1 unspecified atom stereocenters. The Morgan fingerprint density at radius 2 is 0.947 bits per heavy atom. The molecule has 0 saturated carbocycles. The molecule has 0 bridgehead atoms. The number of hydrogen-bond acceptors (Lipinski definition) is 2. The average molecular weight is 534 g/mol. The quantitative estimate of drug-likeness (QED) is 0.0613. The van der Waals surface area contributed by atoms with Gasteiger partial charge in [0.15, 0.2) is 0 Å². The van der Waals surface area contributed by atoms with E-state index in [9.17, 15) is 0 Å². The van der Waals surface area contributed by atoms with Crippen molar-refractivity contribution in [2.75, 3.05) is 20.7 Å². The largest absolute Gasteiger partial charge is 0.501 e. The molecule has 0 aliphatic rings. The first-order valence-corrected chi connectivity index (χ1v) is 16.9. The van der Waals surface area contributed by atoms with E-state index >= 15 is 0 Å². The van der Waals surface area contributed by atoms with Crippen molar-refractivity contribution in [1.82, 2.24) is 5.32 Å². The lowest BCUT2D eigenvalue weighted by Gasteiger charge is -2.16. The Morgan fingerprint density at radius 3 is 1.45 bits per heavy atom. The summed E-state index contributed by atoms with van der Waals surface area (Å²) in [6.45, 7) is 7.66. The van der Waals surface area contributed by atoms with Crippen LogP contribution in [-0.2, 0) is 4.74 Å². The number of ether oxygens (including phenoxy) is 1. The maximum Gasteiger partial charge on any atom is 0.0901 e. The Morgan fingerprint density at radius 1 is 0.526 bits per heavy atom. The predicted octanol–water partition coefficient (Wildman–Crippen LogP) is 12.1. The molecule has 0 fully saturated rings. The second-order valence-corrected chi connectivity index (χ2v) is 11.1. The van der Waals surface area contributed by atoms with E-state index in [4.69, 9.17) is 4.74 Å². The smallest absolute Gasteiger partial charge is 0.0901 e. The fraction of sp³-hybridized carbons (Fsp3) is 0.833. The van der Waals surface area contributed by atoms with Gasteiger partial charge in [-0.25, -0.2) is 0 Å². The molecule has 0 rings (SSSR count). The van der Waals surface area contributed by atoms with Gasteiger partial charge in [0.2, 0.25) is 0 Å². The number of hydrogen-bond donors (Lipinski definition) is 1. The van der Waals surface area contributed by atoms with E-state index in [1.807, 2.05) is 20.4 Å². The first-order valence-electron chi connectivity index (χ1n) is 16.9. The number of rotatable bonds is 28. The third kappa shape index (κ3) is 37.1. The second-order valence-electron chi connectivity index (χ2n) is 11.1. The highest BCUT2D eigenvalue weighted by molar-refractivity contribution is 4.92. The molecule has 2 nitrogen and oxygen atoms in total. The number of unbranched alkanes of at least 4 members (excludes halogenated alkanes) is 16. The van der Waals surface area contributed by atoms with Crippen LogP contribution in [0.2, 0.25) is 0 Å². The molecule has 0 aliphatic heterocycles. The zero-order valence-electron chi connectivity index (χ0n) is 26.9. The lowest BCUT2D eigenvalue weighted by atomic mass is 9.94. The molecule has 1 N–H and O–H groups in total. The van der Waals surface area contributed by atoms with E-state index in [0.29, 0.717) is 0 Å². The Kier molecular flexibility index (Phi) is 39.3. The molecule has 0 aliphatic carbocycles. The molecule has 0 aromatic heterocycles. The second kappa shape index (κ2) is 38.1. The normalized spacial score (nSPS) is 12.4. The lowest BCUT2D eigenvalue weighted by molar-refractivity contribution is 0.176. The molecular formula is C36H71NO. The van der Waals surface area contributed by atoms with Gasteiger partial charge in [0.25, 0.3) is 0 Å². The maximum atomic E-state index is 5.85. The van der Waals surface area contributed by atoms with E-state index < -0.39 is 0 Å². The van der Waals surface area contributed by atoms with Gasteiger partial charge in [0.1, 0.15) is 0 Å². The van der Waals surface area contributed by atoms with Crippen LogP contribution in [0.4, 0.5) is 0 Å². The summed E-state index contributed by atoms with van der Waals surface area (Å²) >= 11 is 0. The van der Waals surface area contributed by atoms with Crippen molar-refractivity contribution in [2.45, 2.75) is 168 Å². The van der Waals surface area contributed by atoms with Gasteiger partial charge in [-0.15, -0.1) is 0 Å². The minimum absolute atomic E-state index is 0.752. The minimum atomic E-state index is 0.752. The van der Waals surface area contributed by atoms with Gasteiger partial charge < -0.3 is 10.1 Å². The zero-order valence-corrected chi connectivity index (χ0v) is 26.9. The summed E-state index contributed by atoms with van der Waals surface area (Å²) in [6.07, 6.45) is 44.6. The van der Waals surface area contributed by atoms with Gasteiger partial charge in [-0.3, -0.25) is 0 Å². The summed E-state index contributed by atoms with van der Waals surface area (Å²) in [4.78, 5) is 0. The molecule has 226 valence electrons. The third-order valence-electron chi connectivity index (χ3n) is 7.04. The van der Waals surface area contributed by atoms with Crippen molar-refractivity contribution in [3.63, 3.8) is 0 Å². The predicted molar refractivity (Wildman–Crippen MR) is 175 cm³/mol. The van der Waals surface area contributed by atoms with Crippen molar-refractivity contribution >= 4 is 0 Å². The van der Waals surface area contributed by atoms with Crippen LogP contribution in [0.5, 0.6) is 0 Å². The van der Waals surface area contributed by atoms with Gasteiger partial charge in [-0.1, -0.05) is 147 Å². The summed E-state index contributed by atoms with van der Waals surface area (Å²) in [5, 5.41) is 2.75. The average Bonchev–Trinajstić information content (AvgIpc) is 2.92. The van der Waals surface area contributed by atoms with Crippen molar-refractivity contribution in [3.8, 4) is 0 Å². The Bertz CT molecular complexity index is 482. The van der Waals surface area contributed by atoms with Crippen LogP contribution in [0.25, 0.3) is 0 Å². The molecular weight excluding hydrogens is 462 g/mol. The van der Waals surface area contributed by atoms with Crippen molar-refractivity contribution < 1.29 is 4.74 Å². The minimum Gasteiger partial charge on any atom is -0.501 e. The van der Waals surface area contributed by atoms with Crippen molar-refractivity contribution in [1.29, 1.82) is 0 Å². The third-order valence-corrected chi connectivity index (χ3v) is 7.04. The summed E-state index contributed by atoms with van der Waals surface area (Å²) in [7, 11) is 3.75. The van der Waals surface area contributed by atoms with Crippen molar-refractivity contribution in [2.24, 2.45) is 5.92 Å². The Hall–Kier alpha value is -1.02. The van der Waals surface area contributed by atoms with E-state index in [2.05, 4.69) is 56.5 Å². The van der Waals surface area contributed by atoms with E-state index in [-0.39, 0.29) is 0 Å². The van der Waals surface area contributed by atoms with Gasteiger partial charge >= 0.3 is 0 Å². The Balaban J connectivity index is 0. The summed E-state index contributed by atoms with van der Waals surface area (Å²) in [5.74, 6) is 0.752. The van der Waals surface area contributed by atoms with E-state index in [0.717, 1.165) is 25.4 Å². The molecule has 0 aromatic rings. The number of nitrogens with one attached hydrogen (secondary N) is 1. The van der Waals surface area contributed by atoms with Gasteiger partial charge in [-0.05, 0) is 71.4 Å². The molecule has 0 saturated heterocycles. The first kappa shape index (κ1) is 39.1. The van der Waals surface area contributed by atoms with Crippen LogP contribution in [-0.4, -0.2) is 20.7 Å². The first-order chi connectivity index (χ1) is 18.8. The molecule has 0 amide bonds. The topological polar surface area (TPSA) is 21.3 Å². The monoisotopic (exact) mass is 534 g/mol. The van der Waals surface area contributed by atoms with Crippen molar-refractivity contribution in [3.05, 3.63) is 36.6 Å². The molecule has 1 atom stereocenters. The molecule has 0 radical (unpaired) electrons. The van der Waals surface area contributed by atoms with Crippen LogP contribution in [0.15, 0.2) is 36.6 Å². The molecule has 0 spiro atoms. The van der Waals surface area contributed by atoms with E-state index in [1.165, 1.54) is 135 Å². The Labute approximate surface area is 241 Å². The maximum absolute atomic E-state index is 5.85. The number of allylic oxidation sites excluding steroid dienone is 5. The van der Waals surface area contributed by atoms with Gasteiger partial charge in [0, 0.05) is 0 Å². The zero-order chi connectivity index (χ0) is 28.2. The van der Waals surface area contributed by atoms with Crippen LogP contribution in [0.1, 0.15) is 168 Å². The van der Waals surface area contributed by atoms with Crippen LogP contribution < -0.4 is 5.32 Å².